The molecule has 104 valence electrons. The van der Waals surface area contributed by atoms with E-state index < -0.39 is 18.0 Å². The summed E-state index contributed by atoms with van der Waals surface area (Å²) in [7, 11) is 1.23. The van der Waals surface area contributed by atoms with E-state index in [-0.39, 0.29) is 12.4 Å². The Morgan fingerprint density at radius 1 is 1.37 bits per heavy atom. The molecule has 0 spiro atoms. The number of rotatable bonds is 5. The van der Waals surface area contributed by atoms with Gasteiger partial charge in [-0.15, -0.1) is 11.6 Å². The number of hydrogen-bond acceptors (Lipinski definition) is 3. The molecule has 19 heavy (non-hydrogen) atoms. The van der Waals surface area contributed by atoms with Gasteiger partial charge in [0.1, 0.15) is 6.04 Å². The monoisotopic (exact) mass is 304 g/mol. The highest BCUT2D eigenvalue weighted by Gasteiger charge is 2.20. The third kappa shape index (κ3) is 4.96. The molecule has 7 heteroatoms. The number of carbonyl (C=O) groups excluding carboxylic acids is 2. The van der Waals surface area contributed by atoms with E-state index in [2.05, 4.69) is 15.4 Å². The number of esters is 1. The average Bonchev–Trinajstić information content (AvgIpc) is 2.43. The Bertz CT molecular complexity index is 454. The van der Waals surface area contributed by atoms with Crippen LogP contribution in [-0.2, 0) is 16.1 Å². The quantitative estimate of drug-likeness (QED) is 0.645. The molecule has 0 aromatic heterocycles. The summed E-state index contributed by atoms with van der Waals surface area (Å²) in [5.41, 5.74) is 0.778. The lowest BCUT2D eigenvalue weighted by Crippen LogP contribution is -2.47. The lowest BCUT2D eigenvalue weighted by Gasteiger charge is -2.14. The number of urea groups is 1. The van der Waals surface area contributed by atoms with Crippen molar-refractivity contribution in [1.82, 2.24) is 10.6 Å². The van der Waals surface area contributed by atoms with E-state index in [4.69, 9.17) is 23.2 Å². The Morgan fingerprint density at radius 2 is 2.05 bits per heavy atom. The van der Waals surface area contributed by atoms with Crippen molar-refractivity contribution >= 4 is 35.2 Å². The van der Waals surface area contributed by atoms with Crippen LogP contribution in [0.4, 0.5) is 4.79 Å². The van der Waals surface area contributed by atoms with Crippen molar-refractivity contribution in [1.29, 1.82) is 0 Å². The Balaban J connectivity index is 2.48. The molecule has 0 radical (unpaired) electrons. The van der Waals surface area contributed by atoms with Gasteiger partial charge in [0.05, 0.1) is 13.0 Å². The van der Waals surface area contributed by atoms with Crippen molar-refractivity contribution in [2.75, 3.05) is 13.0 Å². The Morgan fingerprint density at radius 3 is 2.63 bits per heavy atom. The molecule has 0 saturated carbocycles. The highest BCUT2D eigenvalue weighted by Crippen LogP contribution is 2.14. The maximum absolute atomic E-state index is 11.6. The molecular weight excluding hydrogens is 291 g/mol. The average molecular weight is 305 g/mol. The van der Waals surface area contributed by atoms with E-state index in [0.29, 0.717) is 5.02 Å². The van der Waals surface area contributed by atoms with E-state index >= 15 is 0 Å². The first kappa shape index (κ1) is 15.6. The predicted molar refractivity (Wildman–Crippen MR) is 73.3 cm³/mol. The number of methoxy groups -OCH3 is 1. The molecule has 2 amide bonds. The van der Waals surface area contributed by atoms with Gasteiger partial charge in [-0.05, 0) is 11.6 Å². The number of amides is 2. The minimum absolute atomic E-state index is 0.0633. The zero-order valence-corrected chi connectivity index (χ0v) is 11.8. The summed E-state index contributed by atoms with van der Waals surface area (Å²) in [6.07, 6.45) is 0. The standard InChI is InChI=1S/C12H14Cl2N2O3/c1-19-11(17)10(6-13)16-12(18)15-7-8-4-2-3-5-9(8)14/h2-5,10H,6-7H2,1H3,(H2,15,16,18)/t10-/m0/s1. The van der Waals surface area contributed by atoms with Crippen LogP contribution in [0.1, 0.15) is 5.56 Å². The highest BCUT2D eigenvalue weighted by atomic mass is 35.5. The van der Waals surface area contributed by atoms with E-state index in [1.165, 1.54) is 7.11 Å². The first-order valence-corrected chi connectivity index (χ1v) is 6.41. The van der Waals surface area contributed by atoms with Gasteiger partial charge in [-0.3, -0.25) is 0 Å². The molecule has 5 nitrogen and oxygen atoms in total. The van der Waals surface area contributed by atoms with Crippen molar-refractivity contribution < 1.29 is 14.3 Å². The van der Waals surface area contributed by atoms with Gasteiger partial charge in [0.2, 0.25) is 0 Å². The molecule has 0 saturated heterocycles. The maximum atomic E-state index is 11.6. The van der Waals surface area contributed by atoms with E-state index in [9.17, 15) is 9.59 Å². The third-order valence-electron chi connectivity index (χ3n) is 2.34. The molecule has 0 aliphatic carbocycles. The molecule has 0 fully saturated rings. The van der Waals surface area contributed by atoms with Crippen molar-refractivity contribution in [3.63, 3.8) is 0 Å². The van der Waals surface area contributed by atoms with E-state index in [1.807, 2.05) is 6.07 Å². The Labute approximate surface area is 121 Å². The van der Waals surface area contributed by atoms with Gasteiger partial charge >= 0.3 is 12.0 Å². The maximum Gasteiger partial charge on any atom is 0.329 e. The largest absolute Gasteiger partial charge is 0.467 e. The van der Waals surface area contributed by atoms with Gasteiger partial charge in [-0.1, -0.05) is 29.8 Å². The normalized spacial score (nSPS) is 11.5. The van der Waals surface area contributed by atoms with Crippen molar-refractivity contribution in [2.24, 2.45) is 0 Å². The predicted octanol–water partition coefficient (Wildman–Crippen LogP) is 1.92. The van der Waals surface area contributed by atoms with Crippen molar-refractivity contribution in [3.05, 3.63) is 34.9 Å². The molecule has 0 aliphatic heterocycles. The smallest absolute Gasteiger partial charge is 0.329 e. The number of benzene rings is 1. The fraction of sp³-hybridized carbons (Fsp3) is 0.333. The van der Waals surface area contributed by atoms with Crippen molar-refractivity contribution in [3.8, 4) is 0 Å². The SMILES string of the molecule is COC(=O)[C@H](CCl)NC(=O)NCc1ccccc1Cl. The van der Waals surface area contributed by atoms with Crippen LogP contribution in [0.25, 0.3) is 0 Å². The second-order valence-corrected chi connectivity index (χ2v) is 4.36. The fourth-order valence-corrected chi connectivity index (χ4v) is 1.73. The molecule has 1 atom stereocenters. The first-order chi connectivity index (χ1) is 9.08. The molecule has 0 bridgehead atoms. The summed E-state index contributed by atoms with van der Waals surface area (Å²) in [6, 6.07) is 5.74. The zero-order chi connectivity index (χ0) is 14.3. The van der Waals surface area contributed by atoms with Gasteiger partial charge in [-0.2, -0.15) is 0 Å². The van der Waals surface area contributed by atoms with Crippen LogP contribution < -0.4 is 10.6 Å². The molecule has 1 aromatic rings. The highest BCUT2D eigenvalue weighted by molar-refractivity contribution is 6.31. The fourth-order valence-electron chi connectivity index (χ4n) is 1.33. The minimum atomic E-state index is -0.877. The van der Waals surface area contributed by atoms with E-state index in [1.54, 1.807) is 18.2 Å². The van der Waals surface area contributed by atoms with Gasteiger partial charge in [0.15, 0.2) is 0 Å². The van der Waals surface area contributed by atoms with Gasteiger partial charge in [-0.25, -0.2) is 9.59 Å². The number of nitrogens with one attached hydrogen (secondary N) is 2. The molecule has 0 unspecified atom stereocenters. The number of halogens is 2. The summed E-state index contributed by atoms with van der Waals surface area (Å²) >= 11 is 11.5. The van der Waals surface area contributed by atoms with Gasteiger partial charge in [0, 0.05) is 11.6 Å². The third-order valence-corrected chi connectivity index (χ3v) is 3.02. The molecule has 1 rings (SSSR count). The summed E-state index contributed by atoms with van der Waals surface area (Å²) < 4.78 is 4.50. The van der Waals surface area contributed by atoms with Crippen LogP contribution in [0.15, 0.2) is 24.3 Å². The number of alkyl halides is 1. The Hall–Kier alpha value is -1.46. The Kier molecular flexibility index (Phi) is 6.45. The van der Waals surface area contributed by atoms with E-state index in [0.717, 1.165) is 5.56 Å². The first-order valence-electron chi connectivity index (χ1n) is 5.50. The summed E-state index contributed by atoms with van der Waals surface area (Å²) in [6.45, 7) is 0.252. The molecule has 0 heterocycles. The summed E-state index contributed by atoms with van der Waals surface area (Å²) in [5.74, 6) is -0.658. The summed E-state index contributed by atoms with van der Waals surface area (Å²) in [5, 5.41) is 5.55. The van der Waals surface area contributed by atoms with Crippen LogP contribution in [0, 0.1) is 0 Å². The second-order valence-electron chi connectivity index (χ2n) is 3.65. The van der Waals surface area contributed by atoms with Crippen LogP contribution in [0.3, 0.4) is 0 Å². The molecule has 2 N–H and O–H groups in total. The van der Waals surface area contributed by atoms with Gasteiger partial charge in [0.25, 0.3) is 0 Å². The van der Waals surface area contributed by atoms with Crippen molar-refractivity contribution in [2.45, 2.75) is 12.6 Å². The lowest BCUT2D eigenvalue weighted by atomic mass is 10.2. The number of ether oxygens (including phenoxy) is 1. The minimum Gasteiger partial charge on any atom is -0.467 e. The second kappa shape index (κ2) is 7.86. The molecule has 0 aliphatic rings. The zero-order valence-electron chi connectivity index (χ0n) is 10.3. The molecule has 1 aromatic carbocycles. The van der Waals surface area contributed by atoms with Crippen LogP contribution >= 0.6 is 23.2 Å². The number of hydrogen-bond donors (Lipinski definition) is 2. The number of carbonyl (C=O) groups is 2. The van der Waals surface area contributed by atoms with Crippen LogP contribution in [-0.4, -0.2) is 31.0 Å². The lowest BCUT2D eigenvalue weighted by molar-refractivity contribution is -0.142. The topological polar surface area (TPSA) is 67.4 Å². The van der Waals surface area contributed by atoms with Crippen LogP contribution in [0.5, 0.6) is 0 Å². The summed E-state index contributed by atoms with van der Waals surface area (Å²) in [4.78, 5) is 22.8. The molecular formula is C12H14Cl2N2O3. The van der Waals surface area contributed by atoms with Crippen LogP contribution in [0.2, 0.25) is 5.02 Å². The van der Waals surface area contributed by atoms with Gasteiger partial charge < -0.3 is 15.4 Å².